The van der Waals surface area contributed by atoms with Gasteiger partial charge in [0.05, 0.1) is 5.75 Å². The highest BCUT2D eigenvalue weighted by Gasteiger charge is 2.13. The van der Waals surface area contributed by atoms with Crippen LogP contribution in [0.15, 0.2) is 35.7 Å². The summed E-state index contributed by atoms with van der Waals surface area (Å²) < 4.78 is 10.9. The van der Waals surface area contributed by atoms with Gasteiger partial charge >= 0.3 is 6.03 Å². The Morgan fingerprint density at radius 2 is 2.05 bits per heavy atom. The van der Waals surface area contributed by atoms with E-state index in [1.165, 1.54) is 17.8 Å². The van der Waals surface area contributed by atoms with Gasteiger partial charge in [-0.3, -0.25) is 10.1 Å². The lowest BCUT2D eigenvalue weighted by Gasteiger charge is -2.18. The summed E-state index contributed by atoms with van der Waals surface area (Å²) in [6, 6.07) is 4.96. The van der Waals surface area contributed by atoms with Crippen molar-refractivity contribution in [2.45, 2.75) is 4.90 Å². The van der Waals surface area contributed by atoms with Gasteiger partial charge in [-0.2, -0.15) is 0 Å². The van der Waals surface area contributed by atoms with E-state index in [-0.39, 0.29) is 11.7 Å². The molecule has 7 heteroatoms. The van der Waals surface area contributed by atoms with Crippen LogP contribution in [0.4, 0.5) is 4.79 Å². The second kappa shape index (κ2) is 7.58. The molecular formula is C14H16N2O4S. The highest BCUT2D eigenvalue weighted by atomic mass is 32.2. The standard InChI is InChI=1S/C14H16N2O4S/c1-2-5-15-14(18)16-13(17)9-21-10-3-4-11-12(8-10)20-7-6-19-11/h2-4,8H,1,5-7,9H2,(H2,15,16,17,18). The Labute approximate surface area is 126 Å². The molecule has 6 nitrogen and oxygen atoms in total. The molecule has 1 heterocycles. The first-order valence-corrected chi connectivity index (χ1v) is 7.38. The Kier molecular flexibility index (Phi) is 5.51. The quantitative estimate of drug-likeness (QED) is 0.638. The van der Waals surface area contributed by atoms with E-state index < -0.39 is 6.03 Å². The molecule has 0 bridgehead atoms. The number of carbonyl (C=O) groups excluding carboxylic acids is 2. The smallest absolute Gasteiger partial charge is 0.321 e. The number of nitrogens with one attached hydrogen (secondary N) is 2. The number of hydrogen-bond acceptors (Lipinski definition) is 5. The molecule has 1 aliphatic heterocycles. The van der Waals surface area contributed by atoms with Crippen LogP contribution >= 0.6 is 11.8 Å². The van der Waals surface area contributed by atoms with Crippen molar-refractivity contribution < 1.29 is 19.1 Å². The minimum absolute atomic E-state index is 0.140. The third-order valence-electron chi connectivity index (χ3n) is 2.54. The van der Waals surface area contributed by atoms with Crippen molar-refractivity contribution in [1.29, 1.82) is 0 Å². The SMILES string of the molecule is C=CCNC(=O)NC(=O)CSc1ccc2c(c1)OCCO2. The summed E-state index contributed by atoms with van der Waals surface area (Å²) in [6.45, 7) is 4.85. The van der Waals surface area contributed by atoms with Crippen LogP contribution in [0.2, 0.25) is 0 Å². The molecule has 0 saturated heterocycles. The maximum Gasteiger partial charge on any atom is 0.321 e. The molecule has 1 aromatic carbocycles. The van der Waals surface area contributed by atoms with Crippen LogP contribution in [0.1, 0.15) is 0 Å². The van der Waals surface area contributed by atoms with Crippen molar-refractivity contribution >= 4 is 23.7 Å². The first kappa shape index (κ1) is 15.2. The minimum Gasteiger partial charge on any atom is -0.486 e. The number of amides is 3. The number of thioether (sulfide) groups is 1. The Balaban J connectivity index is 1.81. The van der Waals surface area contributed by atoms with Crippen molar-refractivity contribution in [3.8, 4) is 11.5 Å². The summed E-state index contributed by atoms with van der Waals surface area (Å²) in [4.78, 5) is 23.8. The highest BCUT2D eigenvalue weighted by Crippen LogP contribution is 2.33. The Morgan fingerprint density at radius 1 is 1.29 bits per heavy atom. The van der Waals surface area contributed by atoms with Gasteiger partial charge < -0.3 is 14.8 Å². The van der Waals surface area contributed by atoms with Gasteiger partial charge in [-0.05, 0) is 18.2 Å². The molecule has 2 rings (SSSR count). The topological polar surface area (TPSA) is 76.7 Å². The molecule has 0 unspecified atom stereocenters. The average molecular weight is 308 g/mol. The molecule has 2 N–H and O–H groups in total. The fourth-order valence-electron chi connectivity index (χ4n) is 1.63. The number of rotatable bonds is 5. The zero-order chi connectivity index (χ0) is 15.1. The summed E-state index contributed by atoms with van der Waals surface area (Å²) in [5, 5.41) is 4.70. The molecule has 0 saturated carbocycles. The number of ether oxygens (including phenoxy) is 2. The second-order valence-electron chi connectivity index (χ2n) is 4.14. The van der Waals surface area contributed by atoms with E-state index in [0.717, 1.165) is 4.90 Å². The van der Waals surface area contributed by atoms with Crippen LogP contribution in [0.25, 0.3) is 0 Å². The molecule has 112 valence electrons. The molecular weight excluding hydrogens is 292 g/mol. The number of carbonyl (C=O) groups is 2. The largest absolute Gasteiger partial charge is 0.486 e. The maximum atomic E-state index is 11.6. The summed E-state index contributed by atoms with van der Waals surface area (Å²) in [5.41, 5.74) is 0. The van der Waals surface area contributed by atoms with E-state index in [9.17, 15) is 9.59 Å². The van der Waals surface area contributed by atoms with Crippen molar-refractivity contribution in [3.05, 3.63) is 30.9 Å². The zero-order valence-electron chi connectivity index (χ0n) is 11.4. The second-order valence-corrected chi connectivity index (χ2v) is 5.19. The van der Waals surface area contributed by atoms with E-state index in [1.807, 2.05) is 18.2 Å². The number of hydrogen-bond donors (Lipinski definition) is 2. The Hall–Kier alpha value is -2.15. The van der Waals surface area contributed by atoms with E-state index in [0.29, 0.717) is 31.3 Å². The van der Waals surface area contributed by atoms with Crippen LogP contribution < -0.4 is 20.1 Å². The van der Waals surface area contributed by atoms with Crippen molar-refractivity contribution in [2.24, 2.45) is 0 Å². The number of urea groups is 1. The predicted octanol–water partition coefficient (Wildman–Crippen LogP) is 1.56. The number of imide groups is 1. The normalized spacial score (nSPS) is 12.4. The van der Waals surface area contributed by atoms with Crippen LogP contribution in [0, 0.1) is 0 Å². The molecule has 1 aromatic rings. The predicted molar refractivity (Wildman–Crippen MR) is 79.9 cm³/mol. The van der Waals surface area contributed by atoms with Gasteiger partial charge in [0.2, 0.25) is 5.91 Å². The molecule has 0 atom stereocenters. The molecule has 3 amide bonds. The first-order valence-electron chi connectivity index (χ1n) is 6.40. The molecule has 1 aliphatic rings. The van der Waals surface area contributed by atoms with Crippen molar-refractivity contribution in [2.75, 3.05) is 25.5 Å². The highest BCUT2D eigenvalue weighted by molar-refractivity contribution is 8.00. The molecule has 0 fully saturated rings. The summed E-state index contributed by atoms with van der Waals surface area (Å²) in [6.07, 6.45) is 1.54. The lowest BCUT2D eigenvalue weighted by Crippen LogP contribution is -2.40. The molecule has 0 aliphatic carbocycles. The van der Waals surface area contributed by atoms with Gasteiger partial charge in [0.25, 0.3) is 0 Å². The average Bonchev–Trinajstić information content (AvgIpc) is 2.50. The monoisotopic (exact) mass is 308 g/mol. The third-order valence-corrected chi connectivity index (χ3v) is 3.54. The van der Waals surface area contributed by atoms with Crippen LogP contribution in [0.3, 0.4) is 0 Å². The third kappa shape index (κ3) is 4.71. The molecule has 21 heavy (non-hydrogen) atoms. The molecule has 0 spiro atoms. The van der Waals surface area contributed by atoms with Gasteiger partial charge in [0.15, 0.2) is 11.5 Å². The van der Waals surface area contributed by atoms with Gasteiger partial charge in [-0.15, -0.1) is 18.3 Å². The van der Waals surface area contributed by atoms with Gasteiger partial charge in [-0.1, -0.05) is 6.08 Å². The summed E-state index contributed by atoms with van der Waals surface area (Å²) >= 11 is 1.32. The van der Waals surface area contributed by atoms with Gasteiger partial charge in [0, 0.05) is 11.4 Å². The lowest BCUT2D eigenvalue weighted by atomic mass is 10.3. The summed E-state index contributed by atoms with van der Waals surface area (Å²) in [5.74, 6) is 1.16. The van der Waals surface area contributed by atoms with E-state index in [1.54, 1.807) is 0 Å². The molecule has 0 aromatic heterocycles. The maximum absolute atomic E-state index is 11.6. The lowest BCUT2D eigenvalue weighted by molar-refractivity contribution is -0.117. The van der Waals surface area contributed by atoms with E-state index >= 15 is 0 Å². The van der Waals surface area contributed by atoms with E-state index in [4.69, 9.17) is 9.47 Å². The number of benzene rings is 1. The van der Waals surface area contributed by atoms with Crippen LogP contribution in [0.5, 0.6) is 11.5 Å². The fraction of sp³-hybridized carbons (Fsp3) is 0.286. The fourth-order valence-corrected chi connectivity index (χ4v) is 2.36. The Morgan fingerprint density at radius 3 is 2.81 bits per heavy atom. The zero-order valence-corrected chi connectivity index (χ0v) is 12.2. The Bertz CT molecular complexity index is 548. The van der Waals surface area contributed by atoms with Crippen molar-refractivity contribution in [1.82, 2.24) is 10.6 Å². The van der Waals surface area contributed by atoms with Gasteiger partial charge in [0.1, 0.15) is 13.2 Å². The van der Waals surface area contributed by atoms with Crippen molar-refractivity contribution in [3.63, 3.8) is 0 Å². The van der Waals surface area contributed by atoms with E-state index in [2.05, 4.69) is 17.2 Å². The minimum atomic E-state index is -0.525. The number of fused-ring (bicyclic) bond motifs is 1. The molecule has 0 radical (unpaired) electrons. The van der Waals surface area contributed by atoms with Crippen LogP contribution in [-0.4, -0.2) is 37.4 Å². The van der Waals surface area contributed by atoms with Gasteiger partial charge in [-0.25, -0.2) is 4.79 Å². The van der Waals surface area contributed by atoms with Crippen LogP contribution in [-0.2, 0) is 4.79 Å². The first-order chi connectivity index (χ1) is 10.2. The summed E-state index contributed by atoms with van der Waals surface area (Å²) in [7, 11) is 0.